The maximum atomic E-state index is 11.5. The lowest BCUT2D eigenvalue weighted by Gasteiger charge is -2.10. The van der Waals surface area contributed by atoms with Gasteiger partial charge in [0.2, 0.25) is 0 Å². The number of rotatable bonds is 11. The van der Waals surface area contributed by atoms with Gasteiger partial charge in [0.05, 0.1) is 12.5 Å². The van der Waals surface area contributed by atoms with Crippen LogP contribution in [0.1, 0.15) is 51.9 Å². The first kappa shape index (κ1) is 16.9. The first-order valence-electron chi connectivity index (χ1n) is 6.57. The van der Waals surface area contributed by atoms with Crippen molar-refractivity contribution in [2.75, 3.05) is 13.2 Å². The van der Waals surface area contributed by atoms with E-state index in [2.05, 4.69) is 0 Å². The summed E-state index contributed by atoms with van der Waals surface area (Å²) in [5, 5.41) is 17.1. The number of ether oxygens (including phenoxy) is 1. The molecule has 0 aromatic carbocycles. The van der Waals surface area contributed by atoms with Crippen molar-refractivity contribution < 1.29 is 24.5 Å². The third-order valence-corrected chi connectivity index (χ3v) is 2.73. The van der Waals surface area contributed by atoms with Crippen LogP contribution in [0.4, 0.5) is 0 Å². The van der Waals surface area contributed by atoms with Crippen LogP contribution in [0.25, 0.3) is 0 Å². The van der Waals surface area contributed by atoms with Crippen molar-refractivity contribution in [1.29, 1.82) is 0 Å². The molecule has 0 aromatic heterocycles. The van der Waals surface area contributed by atoms with Crippen LogP contribution in [-0.2, 0) is 14.3 Å². The Hall–Kier alpha value is -1.10. The Morgan fingerprint density at radius 1 is 1.11 bits per heavy atom. The summed E-state index contributed by atoms with van der Waals surface area (Å²) in [6.07, 6.45) is 4.65. The third kappa shape index (κ3) is 10.1. The van der Waals surface area contributed by atoms with E-state index in [0.29, 0.717) is 19.4 Å². The van der Waals surface area contributed by atoms with E-state index in [-0.39, 0.29) is 24.9 Å². The van der Waals surface area contributed by atoms with Crippen LogP contribution in [0.5, 0.6) is 0 Å². The number of aliphatic carboxylic acids is 1. The van der Waals surface area contributed by atoms with Gasteiger partial charge in [-0.2, -0.15) is 0 Å². The van der Waals surface area contributed by atoms with Crippen molar-refractivity contribution in [3.8, 4) is 0 Å². The van der Waals surface area contributed by atoms with E-state index in [1.807, 2.05) is 0 Å². The quantitative estimate of drug-likeness (QED) is 0.438. The lowest BCUT2D eigenvalue weighted by molar-refractivity contribution is -0.148. The Labute approximate surface area is 108 Å². The molecule has 0 bridgehead atoms. The number of aliphatic hydroxyl groups excluding tert-OH is 1. The summed E-state index contributed by atoms with van der Waals surface area (Å²) in [5.41, 5.74) is 0. The van der Waals surface area contributed by atoms with Crippen LogP contribution in [0.2, 0.25) is 0 Å². The molecule has 0 aromatic rings. The number of hydrogen-bond donors (Lipinski definition) is 2. The van der Waals surface area contributed by atoms with Gasteiger partial charge in [0, 0.05) is 13.0 Å². The van der Waals surface area contributed by atoms with Crippen LogP contribution >= 0.6 is 0 Å². The molecule has 0 fully saturated rings. The minimum Gasteiger partial charge on any atom is -0.481 e. The van der Waals surface area contributed by atoms with Crippen LogP contribution in [0.3, 0.4) is 0 Å². The average molecular weight is 260 g/mol. The van der Waals surface area contributed by atoms with Crippen LogP contribution in [0, 0.1) is 5.92 Å². The van der Waals surface area contributed by atoms with E-state index in [1.54, 1.807) is 6.92 Å². The Kier molecular flexibility index (Phi) is 10.3. The fourth-order valence-electron chi connectivity index (χ4n) is 1.56. The molecule has 1 atom stereocenters. The predicted molar refractivity (Wildman–Crippen MR) is 67.2 cm³/mol. The summed E-state index contributed by atoms with van der Waals surface area (Å²) in [7, 11) is 0. The van der Waals surface area contributed by atoms with Gasteiger partial charge < -0.3 is 14.9 Å². The molecule has 0 aliphatic rings. The maximum Gasteiger partial charge on any atom is 0.308 e. The summed E-state index contributed by atoms with van der Waals surface area (Å²) >= 11 is 0. The van der Waals surface area contributed by atoms with Crippen LogP contribution in [-0.4, -0.2) is 35.4 Å². The largest absolute Gasteiger partial charge is 0.481 e. The molecule has 0 saturated heterocycles. The molecule has 1 unspecified atom stereocenters. The first-order valence-corrected chi connectivity index (χ1v) is 6.57. The van der Waals surface area contributed by atoms with E-state index in [0.717, 1.165) is 25.7 Å². The van der Waals surface area contributed by atoms with Gasteiger partial charge in [-0.1, -0.05) is 13.3 Å². The highest BCUT2D eigenvalue weighted by molar-refractivity contribution is 5.72. The van der Waals surface area contributed by atoms with Crippen LogP contribution in [0.15, 0.2) is 0 Å². The van der Waals surface area contributed by atoms with Crippen molar-refractivity contribution >= 4 is 11.9 Å². The molecule has 5 nitrogen and oxygen atoms in total. The second-order valence-corrected chi connectivity index (χ2v) is 4.49. The second-order valence-electron chi connectivity index (χ2n) is 4.49. The number of hydrogen-bond acceptors (Lipinski definition) is 4. The summed E-state index contributed by atoms with van der Waals surface area (Å²) in [6.45, 7) is 2.38. The summed E-state index contributed by atoms with van der Waals surface area (Å²) < 4.78 is 5.09. The van der Waals surface area contributed by atoms with Gasteiger partial charge in [-0.3, -0.25) is 9.59 Å². The molecular formula is C13H24O5. The summed E-state index contributed by atoms with van der Waals surface area (Å²) in [4.78, 5) is 21.8. The smallest absolute Gasteiger partial charge is 0.308 e. The number of carbonyl (C=O) groups excluding carboxylic acids is 1. The maximum absolute atomic E-state index is 11.5. The zero-order chi connectivity index (χ0) is 13.8. The number of carboxylic acid groups (broad SMARTS) is 1. The summed E-state index contributed by atoms with van der Waals surface area (Å²) in [5.74, 6) is -1.32. The van der Waals surface area contributed by atoms with E-state index >= 15 is 0 Å². The molecule has 2 N–H and O–H groups in total. The number of esters is 1. The molecule has 0 heterocycles. The van der Waals surface area contributed by atoms with Gasteiger partial charge in [-0.25, -0.2) is 0 Å². The zero-order valence-electron chi connectivity index (χ0n) is 11.1. The molecule has 0 aliphatic carbocycles. The molecule has 0 rings (SSSR count). The van der Waals surface area contributed by atoms with Gasteiger partial charge in [0.1, 0.15) is 0 Å². The van der Waals surface area contributed by atoms with Gasteiger partial charge in [0.25, 0.3) is 0 Å². The fourth-order valence-corrected chi connectivity index (χ4v) is 1.56. The average Bonchev–Trinajstić information content (AvgIpc) is 2.32. The number of carbonyl (C=O) groups is 2. The first-order chi connectivity index (χ1) is 8.57. The monoisotopic (exact) mass is 260 g/mol. The minimum atomic E-state index is -0.834. The Balaban J connectivity index is 3.47. The third-order valence-electron chi connectivity index (χ3n) is 2.73. The van der Waals surface area contributed by atoms with E-state index < -0.39 is 5.97 Å². The number of unbranched alkanes of at least 4 members (excludes halogenated alkanes) is 3. The number of carboxylic acids is 1. The van der Waals surface area contributed by atoms with Crippen LogP contribution < -0.4 is 0 Å². The van der Waals surface area contributed by atoms with E-state index in [1.165, 1.54) is 0 Å². The van der Waals surface area contributed by atoms with Gasteiger partial charge >= 0.3 is 11.9 Å². The number of aliphatic hydroxyl groups is 1. The zero-order valence-corrected chi connectivity index (χ0v) is 11.1. The lowest BCUT2D eigenvalue weighted by atomic mass is 10.0. The predicted octanol–water partition coefficient (Wildman–Crippen LogP) is 1.97. The molecule has 106 valence electrons. The van der Waals surface area contributed by atoms with Crippen molar-refractivity contribution in [2.24, 2.45) is 5.92 Å². The Morgan fingerprint density at radius 2 is 1.78 bits per heavy atom. The normalized spacial score (nSPS) is 12.1. The van der Waals surface area contributed by atoms with Crippen molar-refractivity contribution in [2.45, 2.75) is 51.9 Å². The fraction of sp³-hybridized carbons (Fsp3) is 0.846. The van der Waals surface area contributed by atoms with Crippen molar-refractivity contribution in [3.63, 3.8) is 0 Å². The highest BCUT2D eigenvalue weighted by atomic mass is 16.5. The standard InChI is InChI=1S/C13H24O5/c1-11(7-6-8-12(15)16)13(17)18-10-5-3-2-4-9-14/h11,14H,2-10H2,1H3,(H,15,16). The second kappa shape index (κ2) is 11.0. The topological polar surface area (TPSA) is 83.8 Å². The molecule has 0 radical (unpaired) electrons. The minimum absolute atomic E-state index is 0.0960. The summed E-state index contributed by atoms with van der Waals surface area (Å²) in [6, 6.07) is 0. The highest BCUT2D eigenvalue weighted by Gasteiger charge is 2.14. The Bertz CT molecular complexity index is 240. The van der Waals surface area contributed by atoms with Crippen molar-refractivity contribution in [3.05, 3.63) is 0 Å². The Morgan fingerprint density at radius 3 is 2.39 bits per heavy atom. The SMILES string of the molecule is CC(CCCC(=O)O)C(=O)OCCCCCCO. The lowest BCUT2D eigenvalue weighted by Crippen LogP contribution is -2.16. The molecule has 0 aliphatic heterocycles. The van der Waals surface area contributed by atoms with E-state index in [4.69, 9.17) is 14.9 Å². The molecule has 0 saturated carbocycles. The molecular weight excluding hydrogens is 236 g/mol. The highest BCUT2D eigenvalue weighted by Crippen LogP contribution is 2.10. The molecule has 0 spiro atoms. The van der Waals surface area contributed by atoms with E-state index in [9.17, 15) is 9.59 Å². The molecule has 18 heavy (non-hydrogen) atoms. The van der Waals surface area contributed by atoms with Gasteiger partial charge in [-0.05, 0) is 32.1 Å². The molecule has 5 heteroatoms. The van der Waals surface area contributed by atoms with Crippen molar-refractivity contribution in [1.82, 2.24) is 0 Å². The molecule has 0 amide bonds. The van der Waals surface area contributed by atoms with Gasteiger partial charge in [0.15, 0.2) is 0 Å². The van der Waals surface area contributed by atoms with Gasteiger partial charge in [-0.15, -0.1) is 0 Å².